The molecule has 0 unspecified atom stereocenters. The van der Waals surface area contributed by atoms with Crippen molar-refractivity contribution in [3.8, 4) is 0 Å². The summed E-state index contributed by atoms with van der Waals surface area (Å²) in [7, 11) is -7.61. The third-order valence-electron chi connectivity index (χ3n) is 3.64. The van der Waals surface area contributed by atoms with Crippen molar-refractivity contribution >= 4 is 59.0 Å². The minimum absolute atomic E-state index is 0.00450. The van der Waals surface area contributed by atoms with Crippen molar-refractivity contribution < 1.29 is 16.8 Å². The molecule has 0 aliphatic heterocycles. The van der Waals surface area contributed by atoms with E-state index in [1.54, 1.807) is 24.3 Å². The minimum Gasteiger partial charge on any atom is -0.280 e. The zero-order valence-electron chi connectivity index (χ0n) is 14.1. The molecule has 0 bridgehead atoms. The molecule has 146 valence electrons. The van der Waals surface area contributed by atoms with Gasteiger partial charge in [-0.15, -0.1) is 0 Å². The first kappa shape index (κ1) is 20.7. The summed E-state index contributed by atoms with van der Waals surface area (Å²) in [4.78, 5) is 0.0513. The molecule has 0 spiro atoms. The summed E-state index contributed by atoms with van der Waals surface area (Å²) in [5.74, 6) is 0. The lowest BCUT2D eigenvalue weighted by molar-refractivity contribution is 0.600. The van der Waals surface area contributed by atoms with Gasteiger partial charge in [0, 0.05) is 20.9 Å². The summed E-state index contributed by atoms with van der Waals surface area (Å²) in [5, 5.41) is 0.423. The highest BCUT2D eigenvalue weighted by molar-refractivity contribution is 9.10. The number of nitrogens with one attached hydrogen (secondary N) is 2. The first-order valence-corrected chi connectivity index (χ1v) is 12.0. The molecule has 0 aromatic heterocycles. The maximum Gasteiger partial charge on any atom is 0.261 e. The maximum atomic E-state index is 12.5. The van der Waals surface area contributed by atoms with Gasteiger partial charge in [-0.25, -0.2) is 16.8 Å². The summed E-state index contributed by atoms with van der Waals surface area (Å²) in [6.45, 7) is 0. The van der Waals surface area contributed by atoms with Gasteiger partial charge in [-0.2, -0.15) is 0 Å². The molecule has 2 N–H and O–H groups in total. The maximum absolute atomic E-state index is 12.5. The fourth-order valence-electron chi connectivity index (χ4n) is 2.26. The summed E-state index contributed by atoms with van der Waals surface area (Å²) in [5.41, 5.74) is 0.647. The molecule has 3 aromatic rings. The van der Waals surface area contributed by atoms with Gasteiger partial charge in [-0.1, -0.05) is 27.5 Å². The van der Waals surface area contributed by atoms with Crippen LogP contribution in [0.3, 0.4) is 0 Å². The van der Waals surface area contributed by atoms with Crippen molar-refractivity contribution in [2.75, 3.05) is 9.44 Å². The van der Waals surface area contributed by atoms with Crippen LogP contribution < -0.4 is 9.44 Å². The van der Waals surface area contributed by atoms with Crippen LogP contribution in [0.4, 0.5) is 11.4 Å². The predicted octanol–water partition coefficient (Wildman–Crippen LogP) is 4.70. The quantitative estimate of drug-likeness (QED) is 0.512. The molecule has 3 rings (SSSR count). The second-order valence-electron chi connectivity index (χ2n) is 5.70. The van der Waals surface area contributed by atoms with E-state index in [2.05, 4.69) is 25.4 Å². The van der Waals surface area contributed by atoms with Crippen LogP contribution in [-0.2, 0) is 20.0 Å². The average molecular weight is 502 g/mol. The Hall–Kier alpha value is -2.07. The van der Waals surface area contributed by atoms with Crippen molar-refractivity contribution in [2.24, 2.45) is 0 Å². The van der Waals surface area contributed by atoms with Crippen LogP contribution in [0.2, 0.25) is 5.02 Å². The molecule has 0 atom stereocenters. The van der Waals surface area contributed by atoms with Crippen LogP contribution in [0.1, 0.15) is 0 Å². The summed E-state index contributed by atoms with van der Waals surface area (Å²) in [6.07, 6.45) is 0. The summed E-state index contributed by atoms with van der Waals surface area (Å²) >= 11 is 9.05. The lowest BCUT2D eigenvalue weighted by atomic mass is 10.3. The number of sulfonamides is 2. The summed E-state index contributed by atoms with van der Waals surface area (Å²) in [6, 6.07) is 17.8. The normalized spacial score (nSPS) is 11.8. The minimum atomic E-state index is -3.81. The molecule has 0 fully saturated rings. The van der Waals surface area contributed by atoms with E-state index in [1.807, 2.05) is 0 Å². The number of anilines is 2. The van der Waals surface area contributed by atoms with E-state index in [4.69, 9.17) is 11.6 Å². The number of benzene rings is 3. The van der Waals surface area contributed by atoms with Gasteiger partial charge in [0.2, 0.25) is 0 Å². The Morgan fingerprint density at radius 3 is 1.39 bits per heavy atom. The predicted molar refractivity (Wildman–Crippen MR) is 114 cm³/mol. The Bertz CT molecular complexity index is 1180. The Kier molecular flexibility index (Phi) is 5.99. The molecule has 0 saturated carbocycles. The first-order chi connectivity index (χ1) is 13.2. The van der Waals surface area contributed by atoms with Gasteiger partial charge in [-0.05, 0) is 72.8 Å². The van der Waals surface area contributed by atoms with Crippen LogP contribution in [0, 0.1) is 0 Å². The van der Waals surface area contributed by atoms with Gasteiger partial charge in [-0.3, -0.25) is 9.44 Å². The van der Waals surface area contributed by atoms with Crippen LogP contribution in [-0.4, -0.2) is 16.8 Å². The molecule has 10 heteroatoms. The second-order valence-corrected chi connectivity index (χ2v) is 10.4. The molecule has 0 aliphatic carbocycles. The van der Waals surface area contributed by atoms with E-state index >= 15 is 0 Å². The fourth-order valence-corrected chi connectivity index (χ4v) is 4.77. The zero-order chi connectivity index (χ0) is 20.4. The van der Waals surface area contributed by atoms with Crippen LogP contribution in [0.25, 0.3) is 0 Å². The standard InChI is InChI=1S/C18H14BrClN2O4S2/c19-13-1-5-15(6-2-13)21-28(25,26)18-11-7-16(8-12-18)22-27(23,24)17-9-3-14(20)4-10-17/h1-12,21-22H. The van der Waals surface area contributed by atoms with Crippen LogP contribution >= 0.6 is 27.5 Å². The van der Waals surface area contributed by atoms with Crippen molar-refractivity contribution in [2.45, 2.75) is 9.79 Å². The first-order valence-electron chi connectivity index (χ1n) is 7.83. The fraction of sp³-hybridized carbons (Fsp3) is 0. The zero-order valence-corrected chi connectivity index (χ0v) is 18.1. The highest BCUT2D eigenvalue weighted by atomic mass is 79.9. The van der Waals surface area contributed by atoms with E-state index in [-0.39, 0.29) is 15.5 Å². The SMILES string of the molecule is O=S(=O)(Nc1ccc(S(=O)(=O)Nc2ccc(Br)cc2)cc1)c1ccc(Cl)cc1. The van der Waals surface area contributed by atoms with Gasteiger partial charge in [0.05, 0.1) is 9.79 Å². The summed E-state index contributed by atoms with van der Waals surface area (Å²) < 4.78 is 55.4. The molecule has 0 saturated heterocycles. The number of hydrogen-bond donors (Lipinski definition) is 2. The van der Waals surface area contributed by atoms with E-state index in [0.29, 0.717) is 10.7 Å². The molecule has 0 heterocycles. The van der Waals surface area contributed by atoms with Gasteiger partial charge in [0.1, 0.15) is 0 Å². The van der Waals surface area contributed by atoms with Crippen LogP contribution in [0.15, 0.2) is 87.1 Å². The second kappa shape index (κ2) is 8.12. The molecule has 6 nitrogen and oxygen atoms in total. The monoisotopic (exact) mass is 500 g/mol. The largest absolute Gasteiger partial charge is 0.280 e. The lowest BCUT2D eigenvalue weighted by Crippen LogP contribution is -2.14. The Labute approximate surface area is 176 Å². The number of rotatable bonds is 6. The number of hydrogen-bond acceptors (Lipinski definition) is 4. The van der Waals surface area contributed by atoms with E-state index < -0.39 is 20.0 Å². The highest BCUT2D eigenvalue weighted by Crippen LogP contribution is 2.22. The van der Waals surface area contributed by atoms with Crippen molar-refractivity contribution in [1.82, 2.24) is 0 Å². The molecule has 28 heavy (non-hydrogen) atoms. The Morgan fingerprint density at radius 2 is 0.964 bits per heavy atom. The molecule has 0 aliphatic rings. The van der Waals surface area contributed by atoms with Gasteiger partial charge in [0.25, 0.3) is 20.0 Å². The van der Waals surface area contributed by atoms with Crippen molar-refractivity contribution in [1.29, 1.82) is 0 Å². The van der Waals surface area contributed by atoms with Gasteiger partial charge < -0.3 is 0 Å². The Balaban J connectivity index is 1.77. The highest BCUT2D eigenvalue weighted by Gasteiger charge is 2.17. The topological polar surface area (TPSA) is 92.3 Å². The lowest BCUT2D eigenvalue weighted by Gasteiger charge is -2.11. The van der Waals surface area contributed by atoms with Gasteiger partial charge in [0.15, 0.2) is 0 Å². The van der Waals surface area contributed by atoms with Crippen molar-refractivity contribution in [3.05, 3.63) is 82.3 Å². The number of halogens is 2. The van der Waals surface area contributed by atoms with E-state index in [1.165, 1.54) is 48.5 Å². The van der Waals surface area contributed by atoms with E-state index in [0.717, 1.165) is 4.47 Å². The van der Waals surface area contributed by atoms with E-state index in [9.17, 15) is 16.8 Å². The average Bonchev–Trinajstić information content (AvgIpc) is 2.64. The third-order valence-corrected chi connectivity index (χ3v) is 7.21. The molecular weight excluding hydrogens is 488 g/mol. The molecule has 0 amide bonds. The smallest absolute Gasteiger partial charge is 0.261 e. The van der Waals surface area contributed by atoms with Crippen molar-refractivity contribution in [3.63, 3.8) is 0 Å². The van der Waals surface area contributed by atoms with Crippen LogP contribution in [0.5, 0.6) is 0 Å². The molecule has 3 aromatic carbocycles. The Morgan fingerprint density at radius 1 is 0.607 bits per heavy atom. The van der Waals surface area contributed by atoms with Gasteiger partial charge >= 0.3 is 0 Å². The third kappa shape index (κ3) is 5.05. The molecule has 0 radical (unpaired) electrons. The molecular formula is C18H14BrClN2O4S2.